The van der Waals surface area contributed by atoms with E-state index in [4.69, 9.17) is 4.42 Å². The van der Waals surface area contributed by atoms with Crippen LogP contribution >= 0.6 is 0 Å². The van der Waals surface area contributed by atoms with Gasteiger partial charge in [0.05, 0.1) is 31.4 Å². The maximum absolute atomic E-state index is 12.4. The van der Waals surface area contributed by atoms with Crippen LogP contribution in [0.1, 0.15) is 37.1 Å². The fourth-order valence-corrected chi connectivity index (χ4v) is 3.31. The summed E-state index contributed by atoms with van der Waals surface area (Å²) in [6, 6.07) is 13.1. The molecule has 1 aromatic heterocycles. The molecule has 0 bridgehead atoms. The Bertz CT molecular complexity index is 715. The summed E-state index contributed by atoms with van der Waals surface area (Å²) in [6.45, 7) is 3.32. The van der Waals surface area contributed by atoms with Crippen molar-refractivity contribution < 1.29 is 14.0 Å². The number of benzene rings is 1. The van der Waals surface area contributed by atoms with E-state index in [1.54, 1.807) is 12.3 Å². The first-order chi connectivity index (χ1) is 12.6. The number of carbonyl (C=O) groups excluding carboxylic acids is 2. The van der Waals surface area contributed by atoms with Crippen LogP contribution in [0.2, 0.25) is 0 Å². The van der Waals surface area contributed by atoms with E-state index in [1.807, 2.05) is 48.2 Å². The highest BCUT2D eigenvalue weighted by atomic mass is 16.3. The van der Waals surface area contributed by atoms with E-state index in [-0.39, 0.29) is 30.4 Å². The van der Waals surface area contributed by atoms with Gasteiger partial charge < -0.3 is 15.1 Å². The van der Waals surface area contributed by atoms with E-state index < -0.39 is 0 Å². The Hall–Kier alpha value is -2.60. The standard InChI is InChI=1S/C20H25N3O3/c1-15(16-7-3-2-4-8-16)22-19(24)14-23-11-5-10-18(23)20(25)21-13-17-9-6-12-26-17/h2-4,6-9,12,15,18H,5,10-11,13-14H2,1H3,(H,21,25)(H,22,24). The summed E-state index contributed by atoms with van der Waals surface area (Å²) < 4.78 is 5.23. The number of nitrogens with zero attached hydrogens (tertiary/aromatic N) is 1. The van der Waals surface area contributed by atoms with Gasteiger partial charge in [0.2, 0.25) is 11.8 Å². The van der Waals surface area contributed by atoms with Crippen LogP contribution in [0.4, 0.5) is 0 Å². The van der Waals surface area contributed by atoms with Crippen LogP contribution < -0.4 is 10.6 Å². The van der Waals surface area contributed by atoms with Crippen molar-refractivity contribution in [2.75, 3.05) is 13.1 Å². The van der Waals surface area contributed by atoms with Crippen LogP contribution in [0.5, 0.6) is 0 Å². The number of hydrogen-bond acceptors (Lipinski definition) is 4. The Morgan fingerprint density at radius 3 is 2.77 bits per heavy atom. The van der Waals surface area contributed by atoms with Gasteiger partial charge in [0.25, 0.3) is 0 Å². The van der Waals surface area contributed by atoms with Crippen LogP contribution in [0, 0.1) is 0 Å². The van der Waals surface area contributed by atoms with Crippen molar-refractivity contribution in [3.05, 3.63) is 60.1 Å². The second-order valence-electron chi connectivity index (χ2n) is 6.63. The van der Waals surface area contributed by atoms with Crippen LogP contribution in [0.3, 0.4) is 0 Å². The minimum atomic E-state index is -0.261. The zero-order chi connectivity index (χ0) is 18.4. The number of furan rings is 1. The molecule has 2 amide bonds. The third kappa shape index (κ3) is 4.73. The molecule has 6 nitrogen and oxygen atoms in total. The Morgan fingerprint density at radius 2 is 2.04 bits per heavy atom. The summed E-state index contributed by atoms with van der Waals surface area (Å²) in [5.74, 6) is 0.604. The Morgan fingerprint density at radius 1 is 1.23 bits per heavy atom. The van der Waals surface area contributed by atoms with Crippen LogP contribution in [0.15, 0.2) is 53.1 Å². The maximum atomic E-state index is 12.4. The highest BCUT2D eigenvalue weighted by Crippen LogP contribution is 2.18. The molecule has 0 aliphatic carbocycles. The molecule has 2 atom stereocenters. The van der Waals surface area contributed by atoms with Crippen LogP contribution in [-0.4, -0.2) is 35.8 Å². The van der Waals surface area contributed by atoms with Gasteiger partial charge in [0.1, 0.15) is 5.76 Å². The summed E-state index contributed by atoms with van der Waals surface area (Å²) in [6.07, 6.45) is 3.27. The summed E-state index contributed by atoms with van der Waals surface area (Å²) in [7, 11) is 0. The molecule has 2 N–H and O–H groups in total. The Kier molecular flexibility index (Phi) is 6.07. The van der Waals surface area contributed by atoms with Crippen LogP contribution in [0.25, 0.3) is 0 Å². The van der Waals surface area contributed by atoms with Crippen LogP contribution in [-0.2, 0) is 16.1 Å². The predicted octanol–water partition coefficient (Wildman–Crippen LogP) is 2.24. The minimum Gasteiger partial charge on any atom is -0.467 e. The Labute approximate surface area is 153 Å². The molecule has 26 heavy (non-hydrogen) atoms. The number of likely N-dealkylation sites (tertiary alicyclic amines) is 1. The lowest BCUT2D eigenvalue weighted by Crippen LogP contribution is -2.47. The fraction of sp³-hybridized carbons (Fsp3) is 0.400. The molecule has 1 saturated heterocycles. The number of amides is 2. The van der Waals surface area contributed by atoms with Crippen molar-refractivity contribution >= 4 is 11.8 Å². The zero-order valence-electron chi connectivity index (χ0n) is 15.0. The molecule has 2 heterocycles. The van der Waals surface area contributed by atoms with Gasteiger partial charge in [-0.2, -0.15) is 0 Å². The third-order valence-electron chi connectivity index (χ3n) is 4.71. The largest absolute Gasteiger partial charge is 0.467 e. The van der Waals surface area contributed by atoms with E-state index in [2.05, 4.69) is 10.6 Å². The highest BCUT2D eigenvalue weighted by Gasteiger charge is 2.32. The van der Waals surface area contributed by atoms with Gasteiger partial charge in [-0.05, 0) is 44.0 Å². The second-order valence-corrected chi connectivity index (χ2v) is 6.63. The summed E-state index contributed by atoms with van der Waals surface area (Å²) in [4.78, 5) is 26.8. The molecule has 0 radical (unpaired) electrons. The number of hydrogen-bond donors (Lipinski definition) is 2. The van der Waals surface area contributed by atoms with Gasteiger partial charge in [-0.1, -0.05) is 30.3 Å². The molecule has 6 heteroatoms. The topological polar surface area (TPSA) is 74.6 Å². The average Bonchev–Trinajstić information content (AvgIpc) is 3.32. The molecule has 1 aromatic carbocycles. The lowest BCUT2D eigenvalue weighted by molar-refractivity contribution is -0.128. The molecule has 1 aliphatic rings. The van der Waals surface area contributed by atoms with Crippen molar-refractivity contribution in [2.45, 2.75) is 38.4 Å². The molecule has 1 aliphatic heterocycles. The molecule has 2 unspecified atom stereocenters. The lowest BCUT2D eigenvalue weighted by atomic mass is 10.1. The molecule has 0 saturated carbocycles. The van der Waals surface area contributed by atoms with E-state index >= 15 is 0 Å². The van der Waals surface area contributed by atoms with E-state index in [0.717, 1.165) is 30.7 Å². The smallest absolute Gasteiger partial charge is 0.237 e. The molecular weight excluding hydrogens is 330 g/mol. The van der Waals surface area contributed by atoms with Crippen molar-refractivity contribution in [1.29, 1.82) is 0 Å². The number of nitrogens with one attached hydrogen (secondary N) is 2. The van der Waals surface area contributed by atoms with Gasteiger partial charge in [0, 0.05) is 0 Å². The van der Waals surface area contributed by atoms with Gasteiger partial charge in [-0.15, -0.1) is 0 Å². The third-order valence-corrected chi connectivity index (χ3v) is 4.71. The minimum absolute atomic E-state index is 0.0530. The summed E-state index contributed by atoms with van der Waals surface area (Å²) >= 11 is 0. The molecule has 2 aromatic rings. The molecule has 1 fully saturated rings. The highest BCUT2D eigenvalue weighted by molar-refractivity contribution is 5.84. The fourth-order valence-electron chi connectivity index (χ4n) is 3.31. The average molecular weight is 355 g/mol. The van der Waals surface area contributed by atoms with E-state index in [0.29, 0.717) is 6.54 Å². The second kappa shape index (κ2) is 8.67. The molecule has 3 rings (SSSR count). The maximum Gasteiger partial charge on any atom is 0.237 e. The zero-order valence-corrected chi connectivity index (χ0v) is 15.0. The predicted molar refractivity (Wildman–Crippen MR) is 98.1 cm³/mol. The monoisotopic (exact) mass is 355 g/mol. The summed E-state index contributed by atoms with van der Waals surface area (Å²) in [5.41, 5.74) is 1.06. The van der Waals surface area contributed by atoms with Crippen molar-refractivity contribution in [3.63, 3.8) is 0 Å². The van der Waals surface area contributed by atoms with Gasteiger partial charge in [-0.25, -0.2) is 0 Å². The van der Waals surface area contributed by atoms with Crippen molar-refractivity contribution in [3.8, 4) is 0 Å². The normalized spacial score (nSPS) is 18.4. The van der Waals surface area contributed by atoms with Gasteiger partial charge in [-0.3, -0.25) is 14.5 Å². The number of rotatable bonds is 7. The lowest BCUT2D eigenvalue weighted by Gasteiger charge is -2.24. The quantitative estimate of drug-likeness (QED) is 0.799. The molecular formula is C20H25N3O3. The first-order valence-electron chi connectivity index (χ1n) is 9.02. The van der Waals surface area contributed by atoms with E-state index in [9.17, 15) is 9.59 Å². The van der Waals surface area contributed by atoms with Crippen molar-refractivity contribution in [1.82, 2.24) is 15.5 Å². The number of carbonyl (C=O) groups is 2. The molecule has 0 spiro atoms. The SMILES string of the molecule is CC(NC(=O)CN1CCCC1C(=O)NCc1ccco1)c1ccccc1. The first kappa shape index (κ1) is 18.2. The van der Waals surface area contributed by atoms with Gasteiger partial charge >= 0.3 is 0 Å². The molecule has 138 valence electrons. The van der Waals surface area contributed by atoms with E-state index in [1.165, 1.54) is 0 Å². The Balaban J connectivity index is 1.49. The first-order valence-corrected chi connectivity index (χ1v) is 9.02. The van der Waals surface area contributed by atoms with Gasteiger partial charge in [0.15, 0.2) is 0 Å². The van der Waals surface area contributed by atoms with Crippen molar-refractivity contribution in [2.24, 2.45) is 0 Å². The summed E-state index contributed by atoms with van der Waals surface area (Å²) in [5, 5.41) is 5.90.